The Morgan fingerprint density at radius 3 is 2.47 bits per heavy atom. The quantitative estimate of drug-likeness (QED) is 0.765. The molecule has 3 aliphatic rings. The molecule has 1 N–H and O–H groups in total. The molecule has 3 rings (SSSR count). The highest BCUT2D eigenvalue weighted by molar-refractivity contribution is 4.96. The monoisotopic (exact) mass is 264 g/mol. The van der Waals surface area contributed by atoms with Crippen LogP contribution in [0.3, 0.4) is 0 Å². The Kier molecular flexibility index (Phi) is 4.48. The lowest BCUT2D eigenvalue weighted by molar-refractivity contribution is 0.102. The lowest BCUT2D eigenvalue weighted by Gasteiger charge is -2.40. The molecule has 2 saturated carbocycles. The summed E-state index contributed by atoms with van der Waals surface area (Å²) >= 11 is 0. The molecule has 0 aromatic rings. The first-order valence-electron chi connectivity index (χ1n) is 8.76. The van der Waals surface area contributed by atoms with Crippen molar-refractivity contribution < 1.29 is 0 Å². The number of piperidine rings is 1. The van der Waals surface area contributed by atoms with Crippen molar-refractivity contribution in [1.29, 1.82) is 0 Å². The first kappa shape index (κ1) is 13.9. The molecule has 2 heteroatoms. The molecule has 0 radical (unpaired) electrons. The van der Waals surface area contributed by atoms with E-state index < -0.39 is 0 Å². The molecule has 19 heavy (non-hydrogen) atoms. The van der Waals surface area contributed by atoms with Gasteiger partial charge in [0.25, 0.3) is 0 Å². The average Bonchev–Trinajstić information content (AvgIpc) is 2.95. The second-order valence-corrected chi connectivity index (χ2v) is 7.46. The highest BCUT2D eigenvalue weighted by Gasteiger charge is 2.42. The normalized spacial score (nSPS) is 34.6. The van der Waals surface area contributed by atoms with Gasteiger partial charge >= 0.3 is 0 Å². The van der Waals surface area contributed by atoms with Crippen molar-refractivity contribution in [2.24, 2.45) is 11.3 Å². The predicted molar refractivity (Wildman–Crippen MR) is 81.4 cm³/mol. The summed E-state index contributed by atoms with van der Waals surface area (Å²) in [6.45, 7) is 7.45. The summed E-state index contributed by atoms with van der Waals surface area (Å²) in [5, 5.41) is 3.68. The number of hydrogen-bond donors (Lipinski definition) is 1. The van der Waals surface area contributed by atoms with Crippen LogP contribution in [0.1, 0.15) is 64.7 Å². The number of nitrogens with one attached hydrogen (secondary N) is 1. The van der Waals surface area contributed by atoms with E-state index in [0.717, 1.165) is 18.5 Å². The van der Waals surface area contributed by atoms with Crippen LogP contribution in [0.5, 0.6) is 0 Å². The molecule has 2 nitrogen and oxygen atoms in total. The van der Waals surface area contributed by atoms with E-state index in [1.54, 1.807) is 0 Å². The molecule has 1 aliphatic heterocycles. The van der Waals surface area contributed by atoms with Gasteiger partial charge in [-0.05, 0) is 50.0 Å². The molecule has 0 amide bonds. The summed E-state index contributed by atoms with van der Waals surface area (Å²) < 4.78 is 0. The smallest absolute Gasteiger partial charge is 0.00988 e. The van der Waals surface area contributed by atoms with Gasteiger partial charge in [-0.3, -0.25) is 4.90 Å². The topological polar surface area (TPSA) is 15.3 Å². The van der Waals surface area contributed by atoms with Crippen molar-refractivity contribution in [3.8, 4) is 0 Å². The minimum atomic E-state index is 0.594. The van der Waals surface area contributed by atoms with Crippen LogP contribution in [0.15, 0.2) is 0 Å². The number of fused-ring (bicyclic) bond motifs is 2. The number of likely N-dealkylation sites (tertiary alicyclic amines) is 1. The number of hydrogen-bond acceptors (Lipinski definition) is 2. The predicted octanol–water partition coefficient (Wildman–Crippen LogP) is 3.42. The molecule has 0 aromatic carbocycles. The second kappa shape index (κ2) is 6.13. The zero-order chi connectivity index (χ0) is 13.1. The van der Waals surface area contributed by atoms with E-state index in [2.05, 4.69) is 17.1 Å². The zero-order valence-electron chi connectivity index (χ0n) is 12.8. The van der Waals surface area contributed by atoms with Gasteiger partial charge in [-0.15, -0.1) is 0 Å². The average molecular weight is 264 g/mol. The first-order valence-corrected chi connectivity index (χ1v) is 8.76. The van der Waals surface area contributed by atoms with Crippen molar-refractivity contribution in [3.05, 3.63) is 0 Å². The molecule has 0 aromatic heterocycles. The molecular weight excluding hydrogens is 232 g/mol. The lowest BCUT2D eigenvalue weighted by atomic mass is 9.79. The van der Waals surface area contributed by atoms with E-state index >= 15 is 0 Å². The molecule has 0 spiro atoms. The number of nitrogens with zero attached hydrogens (tertiary/aromatic N) is 1. The van der Waals surface area contributed by atoms with Gasteiger partial charge in [-0.2, -0.15) is 0 Å². The van der Waals surface area contributed by atoms with Gasteiger partial charge in [0.15, 0.2) is 0 Å². The fourth-order valence-corrected chi connectivity index (χ4v) is 4.91. The van der Waals surface area contributed by atoms with E-state index in [4.69, 9.17) is 0 Å². The minimum absolute atomic E-state index is 0.594. The van der Waals surface area contributed by atoms with Crippen LogP contribution in [0.2, 0.25) is 0 Å². The van der Waals surface area contributed by atoms with Gasteiger partial charge in [0, 0.05) is 25.7 Å². The van der Waals surface area contributed by atoms with Crippen LogP contribution in [0.25, 0.3) is 0 Å². The van der Waals surface area contributed by atoms with E-state index in [-0.39, 0.29) is 0 Å². The Morgan fingerprint density at radius 2 is 1.89 bits per heavy atom. The highest BCUT2D eigenvalue weighted by atomic mass is 15.2. The molecule has 3 fully saturated rings. The standard InChI is InChI=1S/C17H32N2/c1-2-18-13-17(9-5-3-4-6-10-17)14-19-12-15-7-8-16(19)11-15/h15-16,18H,2-14H2,1H3. The van der Waals surface area contributed by atoms with Crippen LogP contribution < -0.4 is 5.32 Å². The first-order chi connectivity index (χ1) is 9.31. The molecule has 110 valence electrons. The Bertz CT molecular complexity index is 281. The fourth-order valence-electron chi connectivity index (χ4n) is 4.91. The highest BCUT2D eigenvalue weighted by Crippen LogP contribution is 2.42. The van der Waals surface area contributed by atoms with Gasteiger partial charge in [-0.1, -0.05) is 32.6 Å². The summed E-state index contributed by atoms with van der Waals surface area (Å²) in [4.78, 5) is 2.87. The summed E-state index contributed by atoms with van der Waals surface area (Å²) in [5.74, 6) is 1.05. The third-order valence-corrected chi connectivity index (χ3v) is 5.98. The Labute approximate surface area is 119 Å². The van der Waals surface area contributed by atoms with Crippen LogP contribution >= 0.6 is 0 Å². The summed E-state index contributed by atoms with van der Waals surface area (Å²) in [5.41, 5.74) is 0.594. The molecular formula is C17H32N2. The SMILES string of the molecule is CCNCC1(CN2CC3CCC2C3)CCCCCC1. The summed E-state index contributed by atoms with van der Waals surface area (Å²) in [6.07, 6.45) is 13.3. The van der Waals surface area contributed by atoms with Crippen LogP contribution in [0.4, 0.5) is 0 Å². The van der Waals surface area contributed by atoms with Gasteiger partial charge in [0.05, 0.1) is 0 Å². The molecule has 2 bridgehead atoms. The molecule has 2 unspecified atom stereocenters. The van der Waals surface area contributed by atoms with Crippen LogP contribution in [-0.2, 0) is 0 Å². The third kappa shape index (κ3) is 3.16. The lowest BCUT2D eigenvalue weighted by Crippen LogP contribution is -2.46. The van der Waals surface area contributed by atoms with Gasteiger partial charge in [-0.25, -0.2) is 0 Å². The zero-order valence-corrected chi connectivity index (χ0v) is 12.8. The molecule has 2 atom stereocenters. The van der Waals surface area contributed by atoms with E-state index in [1.807, 2.05) is 0 Å². The molecule has 1 heterocycles. The van der Waals surface area contributed by atoms with Gasteiger partial charge in [0.2, 0.25) is 0 Å². The van der Waals surface area contributed by atoms with Crippen LogP contribution in [0, 0.1) is 11.3 Å². The van der Waals surface area contributed by atoms with Crippen molar-refractivity contribution in [1.82, 2.24) is 10.2 Å². The minimum Gasteiger partial charge on any atom is -0.316 e. The van der Waals surface area contributed by atoms with Crippen molar-refractivity contribution in [3.63, 3.8) is 0 Å². The Hall–Kier alpha value is -0.0800. The summed E-state index contributed by atoms with van der Waals surface area (Å²) in [6, 6.07) is 0.951. The second-order valence-electron chi connectivity index (χ2n) is 7.46. The van der Waals surface area contributed by atoms with Crippen molar-refractivity contribution >= 4 is 0 Å². The van der Waals surface area contributed by atoms with Crippen LogP contribution in [-0.4, -0.2) is 37.1 Å². The van der Waals surface area contributed by atoms with Gasteiger partial charge < -0.3 is 5.32 Å². The van der Waals surface area contributed by atoms with Crippen molar-refractivity contribution in [2.75, 3.05) is 26.2 Å². The largest absolute Gasteiger partial charge is 0.316 e. The van der Waals surface area contributed by atoms with E-state index in [9.17, 15) is 0 Å². The van der Waals surface area contributed by atoms with E-state index in [0.29, 0.717) is 5.41 Å². The molecule has 1 saturated heterocycles. The Balaban J connectivity index is 1.64. The summed E-state index contributed by atoms with van der Waals surface area (Å²) in [7, 11) is 0. The maximum Gasteiger partial charge on any atom is 0.00988 e. The molecule has 2 aliphatic carbocycles. The third-order valence-electron chi connectivity index (χ3n) is 5.98. The van der Waals surface area contributed by atoms with Gasteiger partial charge in [0.1, 0.15) is 0 Å². The maximum absolute atomic E-state index is 3.68. The maximum atomic E-state index is 3.68. The Morgan fingerprint density at radius 1 is 1.11 bits per heavy atom. The van der Waals surface area contributed by atoms with E-state index in [1.165, 1.54) is 77.4 Å². The fraction of sp³-hybridized carbons (Fsp3) is 1.00. The number of rotatable bonds is 5. The van der Waals surface area contributed by atoms with Crippen molar-refractivity contribution in [2.45, 2.75) is 70.8 Å².